The van der Waals surface area contributed by atoms with Crippen LogP contribution in [0.3, 0.4) is 0 Å². The fourth-order valence-electron chi connectivity index (χ4n) is 2.12. The Bertz CT molecular complexity index is 749. The third-order valence-electron chi connectivity index (χ3n) is 3.40. The number of benzene rings is 2. The number of nitro groups is 1. The molecule has 0 unspecified atom stereocenters. The van der Waals surface area contributed by atoms with Crippen molar-refractivity contribution in [1.29, 1.82) is 0 Å². The molecule has 0 heterocycles. The maximum Gasteiger partial charge on any atom is 0.285 e. The van der Waals surface area contributed by atoms with E-state index in [4.69, 9.17) is 5.11 Å². The summed E-state index contributed by atoms with van der Waals surface area (Å²) in [4.78, 5) is 24.2. The molecule has 0 aliphatic carbocycles. The number of nitrogens with one attached hydrogen (secondary N) is 1. The molecule has 24 heavy (non-hydrogen) atoms. The summed E-state index contributed by atoms with van der Waals surface area (Å²) in [6, 6.07) is 9.53. The lowest BCUT2D eigenvalue weighted by Crippen LogP contribution is -2.21. The van der Waals surface area contributed by atoms with Crippen molar-refractivity contribution < 1.29 is 19.2 Å². The molecule has 7 nitrogen and oxygen atoms in total. The molecule has 0 spiro atoms. The molecular weight excluding hydrogens is 317 g/mol. The van der Waals surface area contributed by atoms with E-state index in [9.17, 15) is 19.3 Å². The maximum atomic E-state index is 13.1. The van der Waals surface area contributed by atoms with Crippen molar-refractivity contribution in [2.75, 3.05) is 30.4 Å². The number of nitrogens with zero attached hydrogens (tertiary/aromatic N) is 2. The largest absolute Gasteiger partial charge is 0.395 e. The first-order valence-corrected chi connectivity index (χ1v) is 7.09. The second kappa shape index (κ2) is 7.51. The average Bonchev–Trinajstić information content (AvgIpc) is 2.55. The van der Waals surface area contributed by atoms with Crippen LogP contribution in [0.25, 0.3) is 0 Å². The molecule has 2 N–H and O–H groups in total. The highest BCUT2D eigenvalue weighted by Gasteiger charge is 2.21. The number of anilines is 2. The minimum Gasteiger partial charge on any atom is -0.395 e. The third kappa shape index (κ3) is 4.05. The lowest BCUT2D eigenvalue weighted by atomic mass is 10.1. The molecule has 126 valence electrons. The van der Waals surface area contributed by atoms with Crippen molar-refractivity contribution >= 4 is 23.0 Å². The average molecular weight is 333 g/mol. The number of aliphatic hydroxyl groups excluding tert-OH is 1. The number of hydrogen-bond acceptors (Lipinski definition) is 5. The fraction of sp³-hybridized carbons (Fsp3) is 0.188. The lowest BCUT2D eigenvalue weighted by Gasteiger charge is -2.18. The van der Waals surface area contributed by atoms with Crippen molar-refractivity contribution in [3.05, 3.63) is 64.0 Å². The van der Waals surface area contributed by atoms with Crippen LogP contribution in [0.2, 0.25) is 0 Å². The normalized spacial score (nSPS) is 10.3. The van der Waals surface area contributed by atoms with Gasteiger partial charge in [-0.2, -0.15) is 0 Å². The van der Waals surface area contributed by atoms with Crippen LogP contribution in [0.15, 0.2) is 42.5 Å². The molecule has 2 aromatic carbocycles. The third-order valence-corrected chi connectivity index (χ3v) is 3.40. The van der Waals surface area contributed by atoms with E-state index in [1.807, 2.05) is 11.9 Å². The Kier molecular flexibility index (Phi) is 5.43. The van der Waals surface area contributed by atoms with E-state index < -0.39 is 22.3 Å². The van der Waals surface area contributed by atoms with Gasteiger partial charge in [-0.3, -0.25) is 14.9 Å². The molecule has 0 saturated carbocycles. The minimum atomic E-state index is -0.801. The van der Waals surface area contributed by atoms with E-state index in [2.05, 4.69) is 5.32 Å². The van der Waals surface area contributed by atoms with Crippen LogP contribution in [0.4, 0.5) is 21.5 Å². The molecule has 0 fully saturated rings. The Morgan fingerprint density at radius 2 is 1.96 bits per heavy atom. The summed E-state index contributed by atoms with van der Waals surface area (Å²) in [6.45, 7) is 0.483. The maximum absolute atomic E-state index is 13.1. The highest BCUT2D eigenvalue weighted by molar-refractivity contribution is 6.07. The van der Waals surface area contributed by atoms with Gasteiger partial charge in [-0.05, 0) is 36.4 Å². The van der Waals surface area contributed by atoms with Gasteiger partial charge < -0.3 is 15.3 Å². The Morgan fingerprint density at radius 1 is 1.29 bits per heavy atom. The molecule has 0 saturated heterocycles. The van der Waals surface area contributed by atoms with Crippen molar-refractivity contribution in [2.45, 2.75) is 0 Å². The number of hydrogen-bond donors (Lipinski definition) is 2. The summed E-state index contributed by atoms with van der Waals surface area (Å²) in [5.41, 5.74) is 0.476. The molecule has 0 aliphatic rings. The van der Waals surface area contributed by atoms with Gasteiger partial charge in [0.05, 0.1) is 17.6 Å². The van der Waals surface area contributed by atoms with E-state index in [0.717, 1.165) is 17.8 Å². The van der Waals surface area contributed by atoms with Crippen molar-refractivity contribution in [3.8, 4) is 0 Å². The Labute approximate surface area is 137 Å². The van der Waals surface area contributed by atoms with Gasteiger partial charge in [0.2, 0.25) is 0 Å². The van der Waals surface area contributed by atoms with Gasteiger partial charge in [-0.1, -0.05) is 0 Å². The number of halogens is 1. The Balaban J connectivity index is 2.17. The Hall–Kier alpha value is -3.00. The highest BCUT2D eigenvalue weighted by atomic mass is 19.1. The van der Waals surface area contributed by atoms with Crippen LogP contribution < -0.4 is 10.2 Å². The fourth-order valence-corrected chi connectivity index (χ4v) is 2.12. The van der Waals surface area contributed by atoms with Gasteiger partial charge in [0, 0.05) is 25.0 Å². The number of nitro benzene ring substituents is 1. The molecule has 0 bridgehead atoms. The predicted molar refractivity (Wildman–Crippen MR) is 87.8 cm³/mol. The lowest BCUT2D eigenvalue weighted by molar-refractivity contribution is -0.385. The van der Waals surface area contributed by atoms with Gasteiger partial charge in [0.1, 0.15) is 11.4 Å². The topological polar surface area (TPSA) is 95.7 Å². The zero-order valence-corrected chi connectivity index (χ0v) is 12.9. The summed E-state index contributed by atoms with van der Waals surface area (Å²) < 4.78 is 13.1. The van der Waals surface area contributed by atoms with Crippen molar-refractivity contribution in [3.63, 3.8) is 0 Å². The van der Waals surface area contributed by atoms with E-state index >= 15 is 0 Å². The number of aliphatic hydroxyl groups is 1. The molecule has 0 aromatic heterocycles. The quantitative estimate of drug-likeness (QED) is 0.625. The zero-order valence-electron chi connectivity index (χ0n) is 12.9. The summed E-state index contributed by atoms with van der Waals surface area (Å²) in [7, 11) is 1.81. The number of carbonyl (C=O) groups excluding carboxylic acids is 1. The van der Waals surface area contributed by atoms with E-state index in [1.54, 1.807) is 24.3 Å². The van der Waals surface area contributed by atoms with Crippen LogP contribution >= 0.6 is 0 Å². The molecule has 0 atom stereocenters. The van der Waals surface area contributed by atoms with Gasteiger partial charge in [-0.15, -0.1) is 0 Å². The summed E-state index contributed by atoms with van der Waals surface area (Å²) in [5.74, 6) is -1.48. The first kappa shape index (κ1) is 17.4. The van der Waals surface area contributed by atoms with Gasteiger partial charge in [0.15, 0.2) is 0 Å². The van der Waals surface area contributed by atoms with E-state index in [0.29, 0.717) is 18.3 Å². The summed E-state index contributed by atoms with van der Waals surface area (Å²) in [6.07, 6.45) is 0. The zero-order chi connectivity index (χ0) is 17.7. The van der Waals surface area contributed by atoms with Crippen LogP contribution in [-0.2, 0) is 0 Å². The molecule has 1 amide bonds. The van der Waals surface area contributed by atoms with Crippen LogP contribution in [-0.4, -0.2) is 36.1 Å². The second-order valence-electron chi connectivity index (χ2n) is 5.06. The SMILES string of the molecule is CN(CCO)c1ccc(NC(=O)c2ccc(F)cc2[N+](=O)[O-])cc1. The van der Waals surface area contributed by atoms with Crippen LogP contribution in [0, 0.1) is 15.9 Å². The van der Waals surface area contributed by atoms with Crippen LogP contribution in [0.1, 0.15) is 10.4 Å². The van der Waals surface area contributed by atoms with Crippen molar-refractivity contribution in [1.82, 2.24) is 0 Å². The second-order valence-corrected chi connectivity index (χ2v) is 5.06. The highest BCUT2D eigenvalue weighted by Crippen LogP contribution is 2.22. The first-order chi connectivity index (χ1) is 11.4. The number of carbonyl (C=O) groups is 1. The standard InChI is InChI=1S/C16H16FN3O4/c1-19(8-9-21)13-5-3-12(4-6-13)18-16(22)14-7-2-11(17)10-15(14)20(23)24/h2-7,10,21H,8-9H2,1H3,(H,18,22). The van der Waals surface area contributed by atoms with Gasteiger partial charge in [0.25, 0.3) is 11.6 Å². The van der Waals surface area contributed by atoms with Gasteiger partial charge >= 0.3 is 0 Å². The predicted octanol–water partition coefficient (Wildman–Crippen LogP) is 2.41. The molecule has 0 radical (unpaired) electrons. The number of amides is 1. The van der Waals surface area contributed by atoms with Crippen molar-refractivity contribution in [2.24, 2.45) is 0 Å². The van der Waals surface area contributed by atoms with E-state index in [-0.39, 0.29) is 12.2 Å². The van der Waals surface area contributed by atoms with Crippen LogP contribution in [0.5, 0.6) is 0 Å². The van der Waals surface area contributed by atoms with E-state index in [1.165, 1.54) is 0 Å². The monoisotopic (exact) mass is 333 g/mol. The number of likely N-dealkylation sites (N-methyl/N-ethyl adjacent to an activating group) is 1. The molecular formula is C16H16FN3O4. The first-order valence-electron chi connectivity index (χ1n) is 7.09. The van der Waals surface area contributed by atoms with Gasteiger partial charge in [-0.25, -0.2) is 4.39 Å². The Morgan fingerprint density at radius 3 is 2.54 bits per heavy atom. The summed E-state index contributed by atoms with van der Waals surface area (Å²) >= 11 is 0. The molecule has 2 rings (SSSR count). The smallest absolute Gasteiger partial charge is 0.285 e. The summed E-state index contributed by atoms with van der Waals surface area (Å²) in [5, 5.41) is 22.4. The molecule has 8 heteroatoms. The molecule has 2 aromatic rings. The number of rotatable bonds is 6. The molecule has 0 aliphatic heterocycles. The minimum absolute atomic E-state index is 0.0171.